The molecular weight excluding hydrogens is 489 g/mol. The van der Waals surface area contributed by atoms with Gasteiger partial charge in [0.1, 0.15) is 5.82 Å². The van der Waals surface area contributed by atoms with E-state index in [-0.39, 0.29) is 11.2 Å². The van der Waals surface area contributed by atoms with Gasteiger partial charge in [-0.05, 0) is 96.5 Å². The summed E-state index contributed by atoms with van der Waals surface area (Å²) in [5, 5.41) is 11.7. The predicted molar refractivity (Wildman–Crippen MR) is 162 cm³/mol. The minimum absolute atomic E-state index is 0.276. The van der Waals surface area contributed by atoms with Gasteiger partial charge in [0.2, 0.25) is 0 Å². The quantitative estimate of drug-likeness (QED) is 0.186. The molecular formula is C33H34FN3S. The van der Waals surface area contributed by atoms with Gasteiger partial charge in [-0.1, -0.05) is 67.8 Å². The van der Waals surface area contributed by atoms with Gasteiger partial charge in [0, 0.05) is 41.0 Å². The second-order valence-corrected chi connectivity index (χ2v) is 10.7. The van der Waals surface area contributed by atoms with Crippen LogP contribution in [-0.2, 0) is 0 Å². The highest BCUT2D eigenvalue weighted by Crippen LogP contribution is 2.52. The summed E-state index contributed by atoms with van der Waals surface area (Å²) in [5.41, 5.74) is 6.37. The lowest BCUT2D eigenvalue weighted by atomic mass is 9.63. The van der Waals surface area contributed by atoms with Crippen LogP contribution in [0.15, 0.2) is 132 Å². The van der Waals surface area contributed by atoms with Crippen molar-refractivity contribution < 1.29 is 4.39 Å². The Bertz CT molecular complexity index is 1360. The second kappa shape index (κ2) is 12.2. The van der Waals surface area contributed by atoms with E-state index in [9.17, 15) is 4.39 Å². The highest BCUT2D eigenvalue weighted by Gasteiger charge is 2.45. The fourth-order valence-corrected chi connectivity index (χ4v) is 6.07. The van der Waals surface area contributed by atoms with Crippen molar-refractivity contribution in [1.82, 2.24) is 4.31 Å². The smallest absolute Gasteiger partial charge is 0.123 e. The minimum atomic E-state index is -0.389. The molecule has 4 rings (SSSR count). The standard InChI is InChI=1S/C33H34FN3S/c1-5-7-8-10-24(3)25(4)33-21-27(22-35)32(36-30-15-13-29(34)14-16-30)20-28(33)17-18-37(23-33)38-31-12-9-11-26(6-2)19-31/h5-16,19-20,22,35-36H,2-4,17-18,21,23H2,1H3/b7-5-,10-8-,35-22?. The van der Waals surface area contributed by atoms with Gasteiger partial charge in [-0.15, -0.1) is 0 Å². The first kappa shape index (κ1) is 27.4. The number of piperidine rings is 1. The molecule has 0 spiro atoms. The third kappa shape index (κ3) is 6.07. The molecule has 5 heteroatoms. The van der Waals surface area contributed by atoms with Gasteiger partial charge in [0.25, 0.3) is 0 Å². The largest absolute Gasteiger partial charge is 0.355 e. The Hall–Kier alpha value is -3.67. The van der Waals surface area contributed by atoms with E-state index in [0.717, 1.165) is 53.2 Å². The Morgan fingerprint density at radius 1 is 1.16 bits per heavy atom. The molecule has 194 valence electrons. The van der Waals surface area contributed by atoms with Crippen LogP contribution < -0.4 is 5.32 Å². The lowest BCUT2D eigenvalue weighted by Crippen LogP contribution is -2.45. The molecule has 2 aromatic carbocycles. The molecule has 1 atom stereocenters. The molecule has 2 aromatic rings. The minimum Gasteiger partial charge on any atom is -0.355 e. The van der Waals surface area contributed by atoms with E-state index < -0.39 is 0 Å². The predicted octanol–water partition coefficient (Wildman–Crippen LogP) is 8.76. The molecule has 0 radical (unpaired) electrons. The topological polar surface area (TPSA) is 39.1 Å². The zero-order chi connectivity index (χ0) is 27.1. The van der Waals surface area contributed by atoms with E-state index in [1.165, 1.54) is 28.8 Å². The number of benzene rings is 2. The fourth-order valence-electron chi connectivity index (χ4n) is 4.98. The zero-order valence-electron chi connectivity index (χ0n) is 21.8. The van der Waals surface area contributed by atoms with Crippen LogP contribution >= 0.6 is 11.9 Å². The van der Waals surface area contributed by atoms with E-state index in [4.69, 9.17) is 5.41 Å². The number of hydrogen-bond donors (Lipinski definition) is 2. The van der Waals surface area contributed by atoms with Crippen LogP contribution in [0.2, 0.25) is 0 Å². The van der Waals surface area contributed by atoms with Crippen molar-refractivity contribution in [3.8, 4) is 0 Å². The third-order valence-electron chi connectivity index (χ3n) is 7.04. The number of allylic oxidation sites excluding steroid dienone is 7. The van der Waals surface area contributed by atoms with E-state index >= 15 is 0 Å². The molecule has 0 amide bonds. The van der Waals surface area contributed by atoms with Crippen LogP contribution in [0.1, 0.15) is 25.3 Å². The molecule has 1 unspecified atom stereocenters. The number of halogens is 1. The number of fused-ring (bicyclic) bond motifs is 1. The molecule has 1 heterocycles. The molecule has 2 aliphatic rings. The summed E-state index contributed by atoms with van der Waals surface area (Å²) in [6, 6.07) is 14.7. The maximum Gasteiger partial charge on any atom is 0.123 e. The summed E-state index contributed by atoms with van der Waals surface area (Å²) in [6.45, 7) is 16.4. The summed E-state index contributed by atoms with van der Waals surface area (Å²) < 4.78 is 15.9. The molecule has 0 bridgehead atoms. The summed E-state index contributed by atoms with van der Waals surface area (Å²) in [5.74, 6) is -0.276. The summed E-state index contributed by atoms with van der Waals surface area (Å²) >= 11 is 1.75. The highest BCUT2D eigenvalue weighted by atomic mass is 32.2. The van der Waals surface area contributed by atoms with Crippen LogP contribution in [0.5, 0.6) is 0 Å². The van der Waals surface area contributed by atoms with Gasteiger partial charge in [-0.2, -0.15) is 0 Å². The van der Waals surface area contributed by atoms with Crippen molar-refractivity contribution in [3.63, 3.8) is 0 Å². The maximum absolute atomic E-state index is 13.5. The van der Waals surface area contributed by atoms with Gasteiger partial charge in [-0.3, -0.25) is 0 Å². The summed E-state index contributed by atoms with van der Waals surface area (Å²) in [7, 11) is 0. The number of nitrogens with one attached hydrogen (secondary N) is 2. The lowest BCUT2D eigenvalue weighted by Gasteiger charge is -2.48. The maximum atomic E-state index is 13.5. The first-order chi connectivity index (χ1) is 18.4. The van der Waals surface area contributed by atoms with Crippen molar-refractivity contribution in [2.45, 2.75) is 24.7 Å². The molecule has 1 fully saturated rings. The number of nitrogens with zero attached hydrogens (tertiary/aromatic N) is 1. The third-order valence-corrected chi connectivity index (χ3v) is 8.07. The second-order valence-electron chi connectivity index (χ2n) is 9.51. The lowest BCUT2D eigenvalue weighted by molar-refractivity contribution is 0.267. The van der Waals surface area contributed by atoms with Crippen LogP contribution in [-0.4, -0.2) is 23.6 Å². The van der Waals surface area contributed by atoms with E-state index in [2.05, 4.69) is 59.7 Å². The molecule has 2 N–H and O–H groups in total. The van der Waals surface area contributed by atoms with Crippen molar-refractivity contribution in [2.75, 3.05) is 18.4 Å². The van der Waals surface area contributed by atoms with E-state index in [0.29, 0.717) is 6.42 Å². The van der Waals surface area contributed by atoms with Gasteiger partial charge < -0.3 is 10.7 Å². The molecule has 0 aromatic heterocycles. The molecule has 38 heavy (non-hydrogen) atoms. The molecule has 1 saturated heterocycles. The molecule has 1 aliphatic heterocycles. The van der Waals surface area contributed by atoms with Gasteiger partial charge in [-0.25, -0.2) is 8.70 Å². The molecule has 3 nitrogen and oxygen atoms in total. The Labute approximate surface area is 230 Å². The van der Waals surface area contributed by atoms with Crippen LogP contribution in [0.4, 0.5) is 10.1 Å². The Kier molecular flexibility index (Phi) is 8.82. The van der Waals surface area contributed by atoms with Crippen molar-refractivity contribution in [2.24, 2.45) is 5.41 Å². The van der Waals surface area contributed by atoms with Crippen molar-refractivity contribution in [1.29, 1.82) is 5.41 Å². The average molecular weight is 524 g/mol. The van der Waals surface area contributed by atoms with Gasteiger partial charge in [0.05, 0.1) is 0 Å². The van der Waals surface area contributed by atoms with Crippen LogP contribution in [0, 0.1) is 16.6 Å². The highest BCUT2D eigenvalue weighted by molar-refractivity contribution is 7.97. The van der Waals surface area contributed by atoms with Crippen molar-refractivity contribution in [3.05, 3.63) is 138 Å². The SMILES string of the molecule is C=Cc1cccc(SN2CCC3=CC(Nc4ccc(F)cc4)=C(C=N)CC3(C(=C)C(=C)/C=C\C=C/C)C2)c1. The van der Waals surface area contributed by atoms with Crippen LogP contribution in [0.25, 0.3) is 6.08 Å². The molecule has 1 aliphatic carbocycles. The van der Waals surface area contributed by atoms with Crippen LogP contribution in [0.3, 0.4) is 0 Å². The average Bonchev–Trinajstić information content (AvgIpc) is 2.93. The first-order valence-corrected chi connectivity index (χ1v) is 13.5. The van der Waals surface area contributed by atoms with Gasteiger partial charge in [0.15, 0.2) is 0 Å². The Morgan fingerprint density at radius 2 is 1.95 bits per heavy atom. The number of anilines is 1. The molecule has 0 saturated carbocycles. The van der Waals surface area contributed by atoms with E-state index in [1.54, 1.807) is 24.1 Å². The Balaban J connectivity index is 1.68. The zero-order valence-corrected chi connectivity index (χ0v) is 22.7. The Morgan fingerprint density at radius 3 is 2.66 bits per heavy atom. The van der Waals surface area contributed by atoms with Gasteiger partial charge >= 0.3 is 0 Å². The van der Waals surface area contributed by atoms with E-state index in [1.807, 2.05) is 37.3 Å². The monoisotopic (exact) mass is 523 g/mol. The first-order valence-electron chi connectivity index (χ1n) is 12.7. The normalized spacial score (nSPS) is 19.8. The van der Waals surface area contributed by atoms with Crippen molar-refractivity contribution >= 4 is 29.9 Å². The number of rotatable bonds is 10. The summed E-state index contributed by atoms with van der Waals surface area (Å²) in [4.78, 5) is 1.17. The number of hydrogen-bond acceptors (Lipinski definition) is 4. The fraction of sp³-hybridized carbons (Fsp3) is 0.182. The summed E-state index contributed by atoms with van der Waals surface area (Å²) in [6.07, 6.45) is 14.9.